The van der Waals surface area contributed by atoms with Crippen LogP contribution in [0.2, 0.25) is 5.02 Å². The average molecular weight is 361 g/mol. The summed E-state index contributed by atoms with van der Waals surface area (Å²) in [5.41, 5.74) is 1.29. The Morgan fingerprint density at radius 3 is 2.67 bits per heavy atom. The third-order valence-corrected chi connectivity index (χ3v) is 6.40. The van der Waals surface area contributed by atoms with E-state index in [-0.39, 0.29) is 0 Å². The van der Waals surface area contributed by atoms with Crippen LogP contribution in [-0.2, 0) is 13.0 Å². The van der Waals surface area contributed by atoms with Crippen LogP contribution >= 0.6 is 22.9 Å². The summed E-state index contributed by atoms with van der Waals surface area (Å²) in [4.78, 5) is 6.35. The van der Waals surface area contributed by atoms with Crippen molar-refractivity contribution in [3.8, 4) is 0 Å². The zero-order valence-electron chi connectivity index (χ0n) is 13.5. The quantitative estimate of drug-likeness (QED) is 0.754. The van der Waals surface area contributed by atoms with Gasteiger partial charge in [0.25, 0.3) is 0 Å². The van der Waals surface area contributed by atoms with E-state index in [1.807, 2.05) is 23.7 Å². The first-order chi connectivity index (χ1) is 11.8. The molecule has 2 aromatic heterocycles. The third-order valence-electron chi connectivity index (χ3n) is 4.71. The van der Waals surface area contributed by atoms with E-state index in [1.165, 1.54) is 20.5 Å². The Balaban J connectivity index is 1.31. The van der Waals surface area contributed by atoms with E-state index in [0.29, 0.717) is 0 Å². The van der Waals surface area contributed by atoms with Gasteiger partial charge in [-0.1, -0.05) is 29.8 Å². The monoisotopic (exact) mass is 360 g/mol. The second-order valence-corrected chi connectivity index (χ2v) is 7.82. The summed E-state index contributed by atoms with van der Waals surface area (Å²) in [6.07, 6.45) is 4.97. The van der Waals surface area contributed by atoms with Gasteiger partial charge in [0, 0.05) is 60.4 Å². The fourth-order valence-electron chi connectivity index (χ4n) is 3.24. The average Bonchev–Trinajstić information content (AvgIpc) is 3.24. The first-order valence-electron chi connectivity index (χ1n) is 8.38. The SMILES string of the molecule is Clc1c(CN2CCN(CCc3cn[nH]c3)CC2)sc2ccccc12. The van der Waals surface area contributed by atoms with Crippen LogP contribution < -0.4 is 0 Å². The van der Waals surface area contributed by atoms with Gasteiger partial charge in [-0.05, 0) is 18.1 Å². The minimum absolute atomic E-state index is 0.943. The van der Waals surface area contributed by atoms with Crippen molar-refractivity contribution in [3.05, 3.63) is 52.1 Å². The number of nitrogens with zero attached hydrogens (tertiary/aromatic N) is 3. The van der Waals surface area contributed by atoms with Crippen molar-refractivity contribution in [2.45, 2.75) is 13.0 Å². The van der Waals surface area contributed by atoms with Crippen LogP contribution in [0, 0.1) is 0 Å². The number of fused-ring (bicyclic) bond motifs is 1. The number of aromatic nitrogens is 2. The highest BCUT2D eigenvalue weighted by molar-refractivity contribution is 7.19. The van der Waals surface area contributed by atoms with Crippen LogP contribution in [0.5, 0.6) is 0 Å². The lowest BCUT2D eigenvalue weighted by molar-refractivity contribution is 0.129. The van der Waals surface area contributed by atoms with Crippen LogP contribution in [0.1, 0.15) is 10.4 Å². The van der Waals surface area contributed by atoms with Gasteiger partial charge in [0.05, 0.1) is 11.2 Å². The summed E-state index contributed by atoms with van der Waals surface area (Å²) >= 11 is 8.41. The van der Waals surface area contributed by atoms with E-state index >= 15 is 0 Å². The van der Waals surface area contributed by atoms with Crippen molar-refractivity contribution in [2.75, 3.05) is 32.7 Å². The van der Waals surface area contributed by atoms with Crippen molar-refractivity contribution in [3.63, 3.8) is 0 Å². The van der Waals surface area contributed by atoms with E-state index in [4.69, 9.17) is 11.6 Å². The molecule has 126 valence electrons. The van der Waals surface area contributed by atoms with Crippen LogP contribution in [-0.4, -0.2) is 52.7 Å². The molecule has 1 aromatic carbocycles. The molecule has 0 saturated carbocycles. The second kappa shape index (κ2) is 7.23. The van der Waals surface area contributed by atoms with E-state index < -0.39 is 0 Å². The Bertz CT molecular complexity index is 791. The number of aromatic amines is 1. The highest BCUT2D eigenvalue weighted by atomic mass is 35.5. The standard InChI is InChI=1S/C18H21ClN4S/c19-18-15-3-1-2-4-16(15)24-17(18)13-23-9-7-22(8-10-23)6-5-14-11-20-21-12-14/h1-4,11-12H,5-10,13H2,(H,20,21). The molecular formula is C18H21ClN4S. The fraction of sp³-hybridized carbons (Fsp3) is 0.389. The van der Waals surface area contributed by atoms with Crippen LogP contribution in [0.15, 0.2) is 36.7 Å². The zero-order valence-corrected chi connectivity index (χ0v) is 15.1. The lowest BCUT2D eigenvalue weighted by atomic mass is 10.2. The Hall–Kier alpha value is -1.40. The largest absolute Gasteiger partial charge is 0.300 e. The van der Waals surface area contributed by atoms with Crippen LogP contribution in [0.3, 0.4) is 0 Å². The first-order valence-corrected chi connectivity index (χ1v) is 9.57. The molecule has 3 heterocycles. The van der Waals surface area contributed by atoms with E-state index in [1.54, 1.807) is 0 Å². The number of thiophene rings is 1. The number of hydrogen-bond donors (Lipinski definition) is 1. The molecular weight excluding hydrogens is 340 g/mol. The molecule has 0 unspecified atom stereocenters. The molecule has 1 aliphatic heterocycles. The van der Waals surface area contributed by atoms with E-state index in [0.717, 1.165) is 50.7 Å². The van der Waals surface area contributed by atoms with Crippen molar-refractivity contribution < 1.29 is 0 Å². The number of benzene rings is 1. The zero-order chi connectivity index (χ0) is 16.4. The first kappa shape index (κ1) is 16.1. The fourth-order valence-corrected chi connectivity index (χ4v) is 4.78. The number of nitrogens with one attached hydrogen (secondary N) is 1. The lowest BCUT2D eigenvalue weighted by Crippen LogP contribution is -2.46. The van der Waals surface area contributed by atoms with Crippen molar-refractivity contribution in [1.29, 1.82) is 0 Å². The second-order valence-electron chi connectivity index (χ2n) is 6.31. The van der Waals surface area contributed by atoms with E-state index in [9.17, 15) is 0 Å². The molecule has 3 aromatic rings. The molecule has 0 bridgehead atoms. The summed E-state index contributed by atoms with van der Waals surface area (Å²) in [6, 6.07) is 8.41. The maximum absolute atomic E-state index is 6.58. The van der Waals surface area contributed by atoms with Gasteiger partial charge in [0.1, 0.15) is 0 Å². The van der Waals surface area contributed by atoms with Crippen LogP contribution in [0.25, 0.3) is 10.1 Å². The summed E-state index contributed by atoms with van der Waals surface area (Å²) in [5.74, 6) is 0. The molecule has 4 nitrogen and oxygen atoms in total. The van der Waals surface area contributed by atoms with Gasteiger partial charge >= 0.3 is 0 Å². The number of H-pyrrole nitrogens is 1. The normalized spacial score (nSPS) is 16.9. The summed E-state index contributed by atoms with van der Waals surface area (Å²) < 4.78 is 1.29. The Morgan fingerprint density at radius 1 is 1.12 bits per heavy atom. The highest BCUT2D eigenvalue weighted by Gasteiger charge is 2.19. The van der Waals surface area contributed by atoms with Crippen LogP contribution in [0.4, 0.5) is 0 Å². The van der Waals surface area contributed by atoms with Gasteiger partial charge in [-0.3, -0.25) is 10.00 Å². The Morgan fingerprint density at radius 2 is 1.92 bits per heavy atom. The highest BCUT2D eigenvalue weighted by Crippen LogP contribution is 2.35. The molecule has 6 heteroatoms. The van der Waals surface area contributed by atoms with Crippen molar-refractivity contribution in [1.82, 2.24) is 20.0 Å². The summed E-state index contributed by atoms with van der Waals surface area (Å²) in [7, 11) is 0. The van der Waals surface area contributed by atoms with Gasteiger partial charge in [-0.15, -0.1) is 11.3 Å². The molecule has 1 aliphatic rings. The number of piperazine rings is 1. The predicted octanol–water partition coefficient (Wildman–Crippen LogP) is 3.64. The molecule has 0 spiro atoms. The molecule has 4 rings (SSSR count). The number of halogens is 1. The Kier molecular flexibility index (Phi) is 4.85. The lowest BCUT2D eigenvalue weighted by Gasteiger charge is -2.34. The molecule has 0 atom stereocenters. The summed E-state index contributed by atoms with van der Waals surface area (Å²) in [6.45, 7) is 6.54. The number of hydrogen-bond acceptors (Lipinski definition) is 4. The van der Waals surface area contributed by atoms with Crippen molar-refractivity contribution >= 4 is 33.0 Å². The molecule has 1 fully saturated rings. The molecule has 1 saturated heterocycles. The van der Waals surface area contributed by atoms with Gasteiger partial charge in [-0.25, -0.2) is 0 Å². The topological polar surface area (TPSA) is 35.2 Å². The van der Waals surface area contributed by atoms with Gasteiger partial charge in [0.15, 0.2) is 0 Å². The smallest absolute Gasteiger partial charge is 0.0637 e. The maximum atomic E-state index is 6.58. The number of rotatable bonds is 5. The molecule has 0 aliphatic carbocycles. The third kappa shape index (κ3) is 3.49. The molecule has 0 amide bonds. The van der Waals surface area contributed by atoms with Gasteiger partial charge in [0.2, 0.25) is 0 Å². The minimum atomic E-state index is 0.943. The Labute approximate surface area is 151 Å². The van der Waals surface area contributed by atoms with Gasteiger partial charge in [-0.2, -0.15) is 5.10 Å². The minimum Gasteiger partial charge on any atom is -0.300 e. The van der Waals surface area contributed by atoms with Gasteiger partial charge < -0.3 is 4.90 Å². The summed E-state index contributed by atoms with van der Waals surface area (Å²) in [5, 5.41) is 9.02. The predicted molar refractivity (Wildman–Crippen MR) is 101 cm³/mol. The molecule has 0 radical (unpaired) electrons. The maximum Gasteiger partial charge on any atom is 0.0637 e. The molecule has 1 N–H and O–H groups in total. The van der Waals surface area contributed by atoms with E-state index in [2.05, 4.69) is 44.3 Å². The molecule has 24 heavy (non-hydrogen) atoms. The van der Waals surface area contributed by atoms with Crippen molar-refractivity contribution in [2.24, 2.45) is 0 Å².